The molecule has 0 aromatic heterocycles. The van der Waals surface area contributed by atoms with Crippen LogP contribution >= 0.6 is 0 Å². The molecular weight excluding hydrogens is 236 g/mol. The van der Waals surface area contributed by atoms with Crippen LogP contribution in [-0.2, 0) is 4.79 Å². The summed E-state index contributed by atoms with van der Waals surface area (Å²) in [6, 6.07) is 8.84. The topological polar surface area (TPSA) is 43.1 Å². The lowest BCUT2D eigenvalue weighted by Gasteiger charge is -2.28. The zero-order chi connectivity index (χ0) is 13.2. The number of allylic oxidation sites excluding steroid dienone is 4. The quantitative estimate of drug-likeness (QED) is 0.879. The van der Waals surface area contributed by atoms with E-state index in [-0.39, 0.29) is 6.42 Å². The van der Waals surface area contributed by atoms with Crippen LogP contribution in [0.2, 0.25) is 0 Å². The normalized spacial score (nSPS) is 21.4. The summed E-state index contributed by atoms with van der Waals surface area (Å²) in [5.74, 6) is -4.96. The van der Waals surface area contributed by atoms with E-state index in [1.165, 1.54) is 6.08 Å². The molecule has 2 nitrogen and oxygen atoms in total. The van der Waals surface area contributed by atoms with E-state index in [0.717, 1.165) is 6.08 Å². The van der Waals surface area contributed by atoms with Gasteiger partial charge in [-0.3, -0.25) is 4.79 Å². The molecular formula is C14H13F2NO. The number of amides is 1. The van der Waals surface area contributed by atoms with Crippen LogP contribution in [0.15, 0.2) is 48.6 Å². The Balaban J connectivity index is 2.40. The van der Waals surface area contributed by atoms with Crippen LogP contribution in [0.4, 0.5) is 8.78 Å². The third-order valence-corrected chi connectivity index (χ3v) is 2.95. The highest BCUT2D eigenvalue weighted by atomic mass is 19.3. The first-order valence-electron chi connectivity index (χ1n) is 5.61. The van der Waals surface area contributed by atoms with Gasteiger partial charge < -0.3 is 5.73 Å². The van der Waals surface area contributed by atoms with Gasteiger partial charge in [0.25, 0.3) is 5.92 Å². The molecule has 0 saturated carbocycles. The molecule has 1 aliphatic carbocycles. The van der Waals surface area contributed by atoms with E-state index in [1.54, 1.807) is 30.3 Å². The molecule has 2 rings (SSSR count). The summed E-state index contributed by atoms with van der Waals surface area (Å²) in [4.78, 5) is 11.0. The molecule has 1 atom stereocenters. The Hall–Kier alpha value is -1.97. The number of carbonyl (C=O) groups excluding carboxylic acids is 1. The highest BCUT2D eigenvalue weighted by Gasteiger charge is 2.41. The number of hydrogen-bond acceptors (Lipinski definition) is 1. The monoisotopic (exact) mass is 249 g/mol. The van der Waals surface area contributed by atoms with Gasteiger partial charge in [-0.2, -0.15) is 0 Å². The van der Waals surface area contributed by atoms with Crippen LogP contribution in [0, 0.1) is 5.92 Å². The Morgan fingerprint density at radius 1 is 1.28 bits per heavy atom. The molecule has 1 amide bonds. The molecule has 18 heavy (non-hydrogen) atoms. The molecule has 1 aliphatic rings. The Morgan fingerprint density at radius 3 is 2.56 bits per heavy atom. The molecule has 0 aliphatic heterocycles. The summed E-state index contributed by atoms with van der Waals surface area (Å²) >= 11 is 0. The smallest absolute Gasteiger partial charge is 0.274 e. The maximum atomic E-state index is 13.8. The standard InChI is InChI=1S/C14H13F2NO/c15-14(16)8-4-7-11(12(14)9-13(17)18)10-5-2-1-3-6-10/h1-8,12H,9H2,(H2,17,18). The summed E-state index contributed by atoms with van der Waals surface area (Å²) in [6.45, 7) is 0. The molecule has 1 aromatic rings. The van der Waals surface area contributed by atoms with E-state index >= 15 is 0 Å². The average molecular weight is 249 g/mol. The molecule has 2 N–H and O–H groups in total. The van der Waals surface area contributed by atoms with Crippen molar-refractivity contribution in [3.05, 3.63) is 54.1 Å². The van der Waals surface area contributed by atoms with Gasteiger partial charge in [-0.05, 0) is 17.2 Å². The average Bonchev–Trinajstić information content (AvgIpc) is 2.32. The van der Waals surface area contributed by atoms with Crippen molar-refractivity contribution in [2.24, 2.45) is 11.7 Å². The van der Waals surface area contributed by atoms with Crippen molar-refractivity contribution in [1.29, 1.82) is 0 Å². The fourth-order valence-corrected chi connectivity index (χ4v) is 2.09. The van der Waals surface area contributed by atoms with Crippen molar-refractivity contribution in [2.45, 2.75) is 12.3 Å². The molecule has 0 spiro atoms. The van der Waals surface area contributed by atoms with Crippen LogP contribution in [0.25, 0.3) is 5.57 Å². The van der Waals surface area contributed by atoms with Gasteiger partial charge in [0.2, 0.25) is 5.91 Å². The second-order valence-electron chi connectivity index (χ2n) is 4.24. The molecule has 0 heterocycles. The second kappa shape index (κ2) is 4.72. The highest BCUT2D eigenvalue weighted by Crippen LogP contribution is 2.41. The number of benzene rings is 1. The van der Waals surface area contributed by atoms with Crippen molar-refractivity contribution >= 4 is 11.5 Å². The van der Waals surface area contributed by atoms with E-state index < -0.39 is 17.7 Å². The lowest BCUT2D eigenvalue weighted by molar-refractivity contribution is -0.120. The van der Waals surface area contributed by atoms with Gasteiger partial charge in [0.05, 0.1) is 5.92 Å². The molecule has 0 radical (unpaired) electrons. The van der Waals surface area contributed by atoms with Gasteiger partial charge in [0, 0.05) is 6.42 Å². The first-order valence-corrected chi connectivity index (χ1v) is 5.61. The Kier molecular flexibility index (Phi) is 3.28. The number of rotatable bonds is 3. The maximum absolute atomic E-state index is 13.8. The Bertz CT molecular complexity index is 506. The third kappa shape index (κ3) is 2.47. The van der Waals surface area contributed by atoms with Crippen molar-refractivity contribution in [3.8, 4) is 0 Å². The SMILES string of the molecule is NC(=O)CC1C(c2ccccc2)=CC=CC1(F)F. The van der Waals surface area contributed by atoms with E-state index in [4.69, 9.17) is 5.73 Å². The number of halogens is 2. The summed E-state index contributed by atoms with van der Waals surface area (Å²) in [7, 11) is 0. The van der Waals surface area contributed by atoms with Gasteiger partial charge in [0.1, 0.15) is 0 Å². The molecule has 4 heteroatoms. The fraction of sp³-hybridized carbons (Fsp3) is 0.214. The maximum Gasteiger partial charge on any atom is 0.274 e. The summed E-state index contributed by atoms with van der Waals surface area (Å²) in [5.41, 5.74) is 6.20. The number of primary amides is 1. The largest absolute Gasteiger partial charge is 0.370 e. The lowest BCUT2D eigenvalue weighted by Crippen LogP contribution is -2.32. The minimum atomic E-state index is -3.05. The van der Waals surface area contributed by atoms with Crippen LogP contribution in [0.1, 0.15) is 12.0 Å². The Labute approximate surface area is 104 Å². The van der Waals surface area contributed by atoms with Gasteiger partial charge in [-0.25, -0.2) is 8.78 Å². The van der Waals surface area contributed by atoms with E-state index in [1.807, 2.05) is 6.07 Å². The van der Waals surface area contributed by atoms with E-state index in [2.05, 4.69) is 0 Å². The summed E-state index contributed by atoms with van der Waals surface area (Å²) in [5, 5.41) is 0. The number of nitrogens with two attached hydrogens (primary N) is 1. The van der Waals surface area contributed by atoms with E-state index in [9.17, 15) is 13.6 Å². The lowest BCUT2D eigenvalue weighted by atomic mass is 9.82. The highest BCUT2D eigenvalue weighted by molar-refractivity contribution is 5.80. The first kappa shape index (κ1) is 12.5. The zero-order valence-corrected chi connectivity index (χ0v) is 9.64. The number of alkyl halides is 2. The van der Waals surface area contributed by atoms with Gasteiger partial charge in [0.15, 0.2) is 0 Å². The summed E-state index contributed by atoms with van der Waals surface area (Å²) in [6.07, 6.45) is 3.38. The molecule has 94 valence electrons. The van der Waals surface area contributed by atoms with Gasteiger partial charge >= 0.3 is 0 Å². The number of hydrogen-bond donors (Lipinski definition) is 1. The fourth-order valence-electron chi connectivity index (χ4n) is 2.09. The Morgan fingerprint density at radius 2 is 1.94 bits per heavy atom. The van der Waals surface area contributed by atoms with Crippen LogP contribution in [0.3, 0.4) is 0 Å². The molecule has 0 fully saturated rings. The minimum Gasteiger partial charge on any atom is -0.370 e. The van der Waals surface area contributed by atoms with Crippen molar-refractivity contribution in [1.82, 2.24) is 0 Å². The molecule has 0 saturated heterocycles. The van der Waals surface area contributed by atoms with Crippen LogP contribution in [-0.4, -0.2) is 11.8 Å². The molecule has 0 bridgehead atoms. The van der Waals surface area contributed by atoms with Gasteiger partial charge in [-0.15, -0.1) is 0 Å². The molecule has 1 unspecified atom stereocenters. The summed E-state index contributed by atoms with van der Waals surface area (Å²) < 4.78 is 27.7. The predicted octanol–water partition coefficient (Wildman–Crippen LogP) is 2.77. The third-order valence-electron chi connectivity index (χ3n) is 2.95. The van der Waals surface area contributed by atoms with Crippen molar-refractivity contribution in [3.63, 3.8) is 0 Å². The minimum absolute atomic E-state index is 0.363. The molecule has 1 aromatic carbocycles. The predicted molar refractivity (Wildman–Crippen MR) is 65.8 cm³/mol. The van der Waals surface area contributed by atoms with Gasteiger partial charge in [-0.1, -0.05) is 42.5 Å². The first-order chi connectivity index (χ1) is 8.50. The second-order valence-corrected chi connectivity index (χ2v) is 4.24. The van der Waals surface area contributed by atoms with Crippen molar-refractivity contribution < 1.29 is 13.6 Å². The zero-order valence-electron chi connectivity index (χ0n) is 9.64. The van der Waals surface area contributed by atoms with Crippen LogP contribution in [0.5, 0.6) is 0 Å². The number of carbonyl (C=O) groups is 1. The van der Waals surface area contributed by atoms with Crippen LogP contribution < -0.4 is 5.73 Å². The van der Waals surface area contributed by atoms with E-state index in [0.29, 0.717) is 11.1 Å². The van der Waals surface area contributed by atoms with Crippen molar-refractivity contribution in [2.75, 3.05) is 0 Å².